The topological polar surface area (TPSA) is 47.6 Å². The second-order valence-electron chi connectivity index (χ2n) is 5.11. The summed E-state index contributed by atoms with van der Waals surface area (Å²) < 4.78 is 10.9. The first-order chi connectivity index (χ1) is 10.6. The van der Waals surface area contributed by atoms with Gasteiger partial charge in [-0.2, -0.15) is 0 Å². The normalized spacial score (nSPS) is 11.6. The van der Waals surface area contributed by atoms with Crippen LogP contribution in [0.4, 0.5) is 0 Å². The molecule has 22 heavy (non-hydrogen) atoms. The smallest absolute Gasteiger partial charge is 0.261 e. The summed E-state index contributed by atoms with van der Waals surface area (Å²) in [6, 6.07) is 15.2. The third-order valence-electron chi connectivity index (χ3n) is 3.32. The minimum absolute atomic E-state index is 0.160. The van der Waals surface area contributed by atoms with Gasteiger partial charge in [-0.05, 0) is 37.6 Å². The lowest BCUT2D eigenvalue weighted by Gasteiger charge is -2.16. The average Bonchev–Trinajstić information content (AvgIpc) is 2.52. The Balaban J connectivity index is 1.91. The molecule has 0 fully saturated rings. The number of hydrogen-bond acceptors (Lipinski definition) is 3. The number of para-hydroxylation sites is 1. The molecule has 0 unspecified atom stereocenters. The van der Waals surface area contributed by atoms with Crippen molar-refractivity contribution in [3.8, 4) is 11.5 Å². The lowest BCUT2D eigenvalue weighted by molar-refractivity contribution is -0.127. The highest BCUT2D eigenvalue weighted by atomic mass is 16.5. The Labute approximate surface area is 131 Å². The van der Waals surface area contributed by atoms with Crippen LogP contribution in [-0.2, 0) is 11.3 Å². The van der Waals surface area contributed by atoms with Crippen molar-refractivity contribution in [2.24, 2.45) is 0 Å². The number of carbonyl (C=O) groups excluding carboxylic acids is 1. The van der Waals surface area contributed by atoms with E-state index in [1.807, 2.05) is 55.5 Å². The van der Waals surface area contributed by atoms with E-state index in [0.717, 1.165) is 16.9 Å². The molecule has 0 saturated heterocycles. The maximum Gasteiger partial charge on any atom is 0.261 e. The molecule has 2 aromatic rings. The van der Waals surface area contributed by atoms with Crippen molar-refractivity contribution in [3.63, 3.8) is 0 Å². The van der Waals surface area contributed by atoms with Crippen LogP contribution in [0, 0.1) is 6.92 Å². The predicted octanol–water partition coefficient (Wildman–Crippen LogP) is 3.09. The van der Waals surface area contributed by atoms with Crippen LogP contribution >= 0.6 is 0 Å². The Hall–Kier alpha value is -2.49. The van der Waals surface area contributed by atoms with E-state index in [-0.39, 0.29) is 5.91 Å². The van der Waals surface area contributed by atoms with Gasteiger partial charge in [0.1, 0.15) is 11.5 Å². The second kappa shape index (κ2) is 7.50. The van der Waals surface area contributed by atoms with Crippen molar-refractivity contribution in [2.45, 2.75) is 26.5 Å². The molecule has 1 N–H and O–H groups in total. The molecule has 0 saturated carbocycles. The van der Waals surface area contributed by atoms with E-state index in [1.54, 1.807) is 14.0 Å². The summed E-state index contributed by atoms with van der Waals surface area (Å²) in [5.74, 6) is 1.29. The first-order valence-corrected chi connectivity index (χ1v) is 7.23. The SMILES string of the molecule is COc1ccccc1CNC(=O)[C@H](C)Oc1cccc(C)c1. The molecule has 0 radical (unpaired) electrons. The van der Waals surface area contributed by atoms with Gasteiger partial charge in [-0.25, -0.2) is 0 Å². The highest BCUT2D eigenvalue weighted by molar-refractivity contribution is 5.80. The monoisotopic (exact) mass is 299 g/mol. The highest BCUT2D eigenvalue weighted by Gasteiger charge is 2.15. The summed E-state index contributed by atoms with van der Waals surface area (Å²) in [6.45, 7) is 4.13. The van der Waals surface area contributed by atoms with E-state index in [4.69, 9.17) is 9.47 Å². The summed E-state index contributed by atoms with van der Waals surface area (Å²) in [5.41, 5.74) is 2.03. The summed E-state index contributed by atoms with van der Waals surface area (Å²) >= 11 is 0. The Morgan fingerprint density at radius 2 is 1.95 bits per heavy atom. The van der Waals surface area contributed by atoms with Crippen LogP contribution in [0.2, 0.25) is 0 Å². The van der Waals surface area contributed by atoms with E-state index in [9.17, 15) is 4.79 Å². The number of nitrogens with one attached hydrogen (secondary N) is 1. The van der Waals surface area contributed by atoms with Crippen LogP contribution in [0.3, 0.4) is 0 Å². The van der Waals surface area contributed by atoms with Crippen molar-refractivity contribution in [2.75, 3.05) is 7.11 Å². The van der Waals surface area contributed by atoms with Crippen molar-refractivity contribution in [3.05, 3.63) is 59.7 Å². The molecule has 1 atom stereocenters. The lowest BCUT2D eigenvalue weighted by atomic mass is 10.2. The molecule has 0 aliphatic heterocycles. The van der Waals surface area contributed by atoms with E-state index >= 15 is 0 Å². The van der Waals surface area contributed by atoms with Crippen LogP contribution in [-0.4, -0.2) is 19.1 Å². The predicted molar refractivity (Wildman–Crippen MR) is 86.1 cm³/mol. The number of hydrogen-bond donors (Lipinski definition) is 1. The molecule has 0 bridgehead atoms. The Morgan fingerprint density at radius 1 is 1.18 bits per heavy atom. The number of ether oxygens (including phenoxy) is 2. The molecule has 0 aromatic heterocycles. The van der Waals surface area contributed by atoms with Crippen LogP contribution < -0.4 is 14.8 Å². The first kappa shape index (κ1) is 15.9. The maximum absolute atomic E-state index is 12.1. The van der Waals surface area contributed by atoms with Gasteiger partial charge in [0.2, 0.25) is 0 Å². The van der Waals surface area contributed by atoms with Gasteiger partial charge in [-0.1, -0.05) is 30.3 Å². The Bertz CT molecular complexity index is 640. The van der Waals surface area contributed by atoms with Gasteiger partial charge in [0.25, 0.3) is 5.91 Å². The zero-order valence-electron chi connectivity index (χ0n) is 13.1. The van der Waals surface area contributed by atoms with Crippen molar-refractivity contribution < 1.29 is 14.3 Å². The molecule has 2 rings (SSSR count). The van der Waals surface area contributed by atoms with Gasteiger partial charge < -0.3 is 14.8 Å². The van der Waals surface area contributed by atoms with Crippen LogP contribution in [0.25, 0.3) is 0 Å². The van der Waals surface area contributed by atoms with Crippen molar-refractivity contribution >= 4 is 5.91 Å². The summed E-state index contributed by atoms with van der Waals surface area (Å²) in [6.07, 6.45) is -0.559. The fourth-order valence-corrected chi connectivity index (χ4v) is 2.12. The number of amides is 1. The molecule has 116 valence electrons. The fourth-order valence-electron chi connectivity index (χ4n) is 2.12. The van der Waals surface area contributed by atoms with Gasteiger partial charge in [0.15, 0.2) is 6.10 Å². The third kappa shape index (κ3) is 4.25. The average molecular weight is 299 g/mol. The molecule has 2 aromatic carbocycles. The third-order valence-corrected chi connectivity index (χ3v) is 3.32. The van der Waals surface area contributed by atoms with E-state index in [2.05, 4.69) is 5.32 Å². The van der Waals surface area contributed by atoms with E-state index in [0.29, 0.717) is 12.3 Å². The van der Waals surface area contributed by atoms with Crippen LogP contribution in [0.1, 0.15) is 18.1 Å². The van der Waals surface area contributed by atoms with Gasteiger partial charge in [0, 0.05) is 12.1 Å². The number of benzene rings is 2. The molecule has 0 heterocycles. The number of rotatable bonds is 6. The number of methoxy groups -OCH3 is 1. The molecule has 4 heteroatoms. The van der Waals surface area contributed by atoms with Crippen molar-refractivity contribution in [1.82, 2.24) is 5.32 Å². The zero-order valence-corrected chi connectivity index (χ0v) is 13.1. The lowest BCUT2D eigenvalue weighted by Crippen LogP contribution is -2.36. The molecule has 1 amide bonds. The van der Waals surface area contributed by atoms with Gasteiger partial charge in [-0.3, -0.25) is 4.79 Å². The minimum Gasteiger partial charge on any atom is -0.496 e. The first-order valence-electron chi connectivity index (χ1n) is 7.23. The molecule has 0 spiro atoms. The maximum atomic E-state index is 12.1. The van der Waals surface area contributed by atoms with E-state index < -0.39 is 6.10 Å². The largest absolute Gasteiger partial charge is 0.496 e. The standard InChI is InChI=1S/C18H21NO3/c1-13-7-6-9-16(11-13)22-14(2)18(20)19-12-15-8-4-5-10-17(15)21-3/h4-11,14H,12H2,1-3H3,(H,19,20)/t14-/m0/s1. The van der Waals surface area contributed by atoms with Crippen LogP contribution in [0.15, 0.2) is 48.5 Å². The van der Waals surface area contributed by atoms with Crippen molar-refractivity contribution in [1.29, 1.82) is 0 Å². The Kier molecular flexibility index (Phi) is 5.42. The summed E-state index contributed by atoms with van der Waals surface area (Å²) in [7, 11) is 1.62. The molecule has 0 aliphatic carbocycles. The summed E-state index contributed by atoms with van der Waals surface area (Å²) in [4.78, 5) is 12.1. The van der Waals surface area contributed by atoms with Gasteiger partial charge in [-0.15, -0.1) is 0 Å². The molecule has 0 aliphatic rings. The summed E-state index contributed by atoms with van der Waals surface area (Å²) in [5, 5.41) is 2.86. The van der Waals surface area contributed by atoms with E-state index in [1.165, 1.54) is 0 Å². The van der Waals surface area contributed by atoms with Gasteiger partial charge >= 0.3 is 0 Å². The number of aryl methyl sites for hydroxylation is 1. The van der Waals surface area contributed by atoms with Gasteiger partial charge in [0.05, 0.1) is 7.11 Å². The minimum atomic E-state index is -0.559. The second-order valence-corrected chi connectivity index (χ2v) is 5.11. The van der Waals surface area contributed by atoms with Crippen LogP contribution in [0.5, 0.6) is 11.5 Å². The molecular weight excluding hydrogens is 278 g/mol. The Morgan fingerprint density at radius 3 is 2.68 bits per heavy atom. The molecular formula is C18H21NO3. The fraction of sp³-hybridized carbons (Fsp3) is 0.278. The molecule has 4 nitrogen and oxygen atoms in total. The quantitative estimate of drug-likeness (QED) is 0.891. The zero-order chi connectivity index (χ0) is 15.9. The highest BCUT2D eigenvalue weighted by Crippen LogP contribution is 2.17. The number of carbonyl (C=O) groups is 1.